The Balaban J connectivity index is 3.04. The second-order valence-corrected chi connectivity index (χ2v) is 3.19. The Kier molecular flexibility index (Phi) is 3.83. The fourth-order valence-corrected chi connectivity index (χ4v) is 1.15. The molecule has 0 amide bonds. The van der Waals surface area contributed by atoms with Crippen LogP contribution in [-0.4, -0.2) is 11.1 Å². The highest BCUT2D eigenvalue weighted by Crippen LogP contribution is 2.17. The highest BCUT2D eigenvalue weighted by atomic mass is 31.1. The standard InChI is InChI=1S/C9H7O5P/c10-9(11)8(6-14-15(12)13)7-4-2-1-3-5-7/h1-6H,(H,10,11)/b8-6+. The minimum atomic E-state index is -3.09. The van der Waals surface area contributed by atoms with Gasteiger partial charge < -0.3 is 9.63 Å². The van der Waals surface area contributed by atoms with Crippen molar-refractivity contribution in [3.05, 3.63) is 42.2 Å². The van der Waals surface area contributed by atoms with Gasteiger partial charge in [-0.05, 0) is 5.56 Å². The van der Waals surface area contributed by atoms with E-state index in [-0.39, 0.29) is 5.57 Å². The number of carbonyl (C=O) groups is 1. The van der Waals surface area contributed by atoms with Gasteiger partial charge in [-0.2, -0.15) is 9.13 Å². The summed E-state index contributed by atoms with van der Waals surface area (Å²) in [6, 6.07) is 8.09. The van der Waals surface area contributed by atoms with Gasteiger partial charge in [0.1, 0.15) is 11.8 Å². The summed E-state index contributed by atoms with van der Waals surface area (Å²) in [6.07, 6.45) is 0.698. The van der Waals surface area contributed by atoms with E-state index >= 15 is 0 Å². The average Bonchev–Trinajstić information content (AvgIpc) is 2.18. The minimum absolute atomic E-state index is 0.213. The fourth-order valence-electron chi connectivity index (χ4n) is 0.955. The van der Waals surface area contributed by atoms with Gasteiger partial charge in [-0.3, -0.25) is 0 Å². The number of benzene rings is 1. The molecule has 0 saturated carbocycles. The third-order valence-electron chi connectivity index (χ3n) is 1.57. The highest BCUT2D eigenvalue weighted by Gasteiger charge is 2.10. The molecule has 1 N–H and O–H groups in total. The first-order valence-corrected chi connectivity index (χ1v) is 5.01. The van der Waals surface area contributed by atoms with Crippen molar-refractivity contribution in [1.29, 1.82) is 0 Å². The summed E-state index contributed by atoms with van der Waals surface area (Å²) in [6.45, 7) is 0. The van der Waals surface area contributed by atoms with Crippen molar-refractivity contribution in [1.82, 2.24) is 0 Å². The number of carboxylic acids is 1. The quantitative estimate of drug-likeness (QED) is 0.483. The number of hydrogen-bond acceptors (Lipinski definition) is 4. The fraction of sp³-hybridized carbons (Fsp3) is 0. The molecule has 0 unspecified atom stereocenters. The van der Waals surface area contributed by atoms with Crippen LogP contribution in [0.4, 0.5) is 0 Å². The van der Waals surface area contributed by atoms with Crippen LogP contribution < -0.4 is 0 Å². The van der Waals surface area contributed by atoms with Crippen LogP contribution in [0.1, 0.15) is 5.56 Å². The van der Waals surface area contributed by atoms with Crippen LogP contribution in [0.3, 0.4) is 0 Å². The van der Waals surface area contributed by atoms with Crippen molar-refractivity contribution in [2.45, 2.75) is 0 Å². The summed E-state index contributed by atoms with van der Waals surface area (Å²) in [7, 11) is -3.09. The molecule has 0 fully saturated rings. The third-order valence-corrected chi connectivity index (χ3v) is 1.85. The first kappa shape index (κ1) is 11.2. The van der Waals surface area contributed by atoms with Gasteiger partial charge in [0, 0.05) is 0 Å². The van der Waals surface area contributed by atoms with Crippen LogP contribution in [-0.2, 0) is 18.4 Å². The number of rotatable bonds is 4. The molecule has 1 aromatic rings. The van der Waals surface area contributed by atoms with Crippen LogP contribution in [0, 0.1) is 0 Å². The van der Waals surface area contributed by atoms with Crippen LogP contribution in [0.15, 0.2) is 36.6 Å². The largest absolute Gasteiger partial charge is 0.528 e. The summed E-state index contributed by atoms with van der Waals surface area (Å²) >= 11 is 0. The molecule has 0 atom stereocenters. The zero-order valence-corrected chi connectivity index (χ0v) is 8.39. The average molecular weight is 226 g/mol. The Labute approximate surface area is 85.9 Å². The maximum absolute atomic E-state index is 10.8. The number of hydrogen-bond donors (Lipinski definition) is 1. The molecule has 15 heavy (non-hydrogen) atoms. The van der Waals surface area contributed by atoms with Crippen LogP contribution in [0.5, 0.6) is 0 Å². The summed E-state index contributed by atoms with van der Waals surface area (Å²) in [5.41, 5.74) is 0.164. The predicted molar refractivity (Wildman–Crippen MR) is 51.4 cm³/mol. The monoisotopic (exact) mass is 226 g/mol. The summed E-state index contributed by atoms with van der Waals surface area (Å²) in [5, 5.41) is 8.79. The van der Waals surface area contributed by atoms with Gasteiger partial charge in [-0.25, -0.2) is 4.79 Å². The zero-order valence-electron chi connectivity index (χ0n) is 7.49. The van der Waals surface area contributed by atoms with Gasteiger partial charge in [-0.1, -0.05) is 30.3 Å². The Morgan fingerprint density at radius 2 is 1.87 bits per heavy atom. The molecule has 0 aliphatic rings. The lowest BCUT2D eigenvalue weighted by Crippen LogP contribution is -1.99. The molecule has 78 valence electrons. The van der Waals surface area contributed by atoms with E-state index in [1.54, 1.807) is 30.3 Å². The van der Waals surface area contributed by atoms with Gasteiger partial charge in [0.15, 0.2) is 0 Å². The Bertz CT molecular complexity index is 439. The Morgan fingerprint density at radius 3 is 2.33 bits per heavy atom. The van der Waals surface area contributed by atoms with E-state index in [9.17, 15) is 13.9 Å². The highest BCUT2D eigenvalue weighted by molar-refractivity contribution is 7.24. The van der Waals surface area contributed by atoms with Gasteiger partial charge in [0.05, 0.1) is 0 Å². The van der Waals surface area contributed by atoms with E-state index in [2.05, 4.69) is 4.52 Å². The molecule has 0 bridgehead atoms. The zero-order chi connectivity index (χ0) is 11.3. The van der Waals surface area contributed by atoms with E-state index in [4.69, 9.17) is 5.11 Å². The second kappa shape index (κ2) is 5.12. The molecule has 0 radical (unpaired) electrons. The smallest absolute Gasteiger partial charge is 0.478 e. The van der Waals surface area contributed by atoms with E-state index in [0.29, 0.717) is 11.8 Å². The predicted octanol–water partition coefficient (Wildman–Crippen LogP) is 2.22. The maximum atomic E-state index is 10.8. The van der Waals surface area contributed by atoms with Crippen LogP contribution >= 0.6 is 7.91 Å². The molecule has 1 rings (SSSR count). The maximum Gasteiger partial charge on any atom is 0.528 e. The van der Waals surface area contributed by atoms with Crippen molar-refractivity contribution in [3.8, 4) is 0 Å². The van der Waals surface area contributed by atoms with E-state index in [0.717, 1.165) is 0 Å². The van der Waals surface area contributed by atoms with Crippen molar-refractivity contribution in [2.75, 3.05) is 0 Å². The first-order valence-electron chi connectivity index (χ1n) is 3.91. The lowest BCUT2D eigenvalue weighted by atomic mass is 10.1. The molecule has 0 heterocycles. The van der Waals surface area contributed by atoms with Crippen molar-refractivity contribution >= 4 is 19.4 Å². The molecule has 1 aromatic carbocycles. The minimum Gasteiger partial charge on any atom is -0.478 e. The molecule has 0 spiro atoms. The lowest BCUT2D eigenvalue weighted by molar-refractivity contribution is -0.130. The molecular weight excluding hydrogens is 219 g/mol. The molecule has 5 nitrogen and oxygen atoms in total. The summed E-state index contributed by atoms with van der Waals surface area (Å²) in [5.74, 6) is -1.25. The van der Waals surface area contributed by atoms with Crippen LogP contribution in [0.25, 0.3) is 5.57 Å². The molecular formula is C9H7O5P. The van der Waals surface area contributed by atoms with Crippen LogP contribution in [0.2, 0.25) is 0 Å². The molecule has 0 aliphatic heterocycles. The summed E-state index contributed by atoms with van der Waals surface area (Å²) < 4.78 is 24.4. The Hall–Kier alpha value is -1.87. The van der Waals surface area contributed by atoms with Crippen molar-refractivity contribution in [3.63, 3.8) is 0 Å². The van der Waals surface area contributed by atoms with E-state index in [1.165, 1.54) is 0 Å². The Morgan fingerprint density at radius 1 is 1.27 bits per heavy atom. The number of carboxylic acid groups (broad SMARTS) is 1. The van der Waals surface area contributed by atoms with Crippen molar-refractivity contribution in [2.24, 2.45) is 0 Å². The topological polar surface area (TPSA) is 80.7 Å². The van der Waals surface area contributed by atoms with E-state index < -0.39 is 13.9 Å². The first-order chi connectivity index (χ1) is 7.11. The number of aliphatic carboxylic acids is 1. The molecule has 0 saturated heterocycles. The SMILES string of the molecule is O=C(O)/C(=C/OP(=O)=O)c1ccccc1. The van der Waals surface area contributed by atoms with Gasteiger partial charge in [0.2, 0.25) is 0 Å². The molecule has 6 heteroatoms. The lowest BCUT2D eigenvalue weighted by Gasteiger charge is -1.99. The van der Waals surface area contributed by atoms with Gasteiger partial charge in [-0.15, -0.1) is 0 Å². The van der Waals surface area contributed by atoms with Crippen molar-refractivity contribution < 1.29 is 23.6 Å². The molecule has 0 aromatic heterocycles. The van der Waals surface area contributed by atoms with Gasteiger partial charge >= 0.3 is 13.9 Å². The summed E-state index contributed by atoms with van der Waals surface area (Å²) in [4.78, 5) is 10.8. The normalized spacial score (nSPS) is 10.8. The van der Waals surface area contributed by atoms with Gasteiger partial charge in [0.25, 0.3) is 0 Å². The third kappa shape index (κ3) is 3.40. The molecule has 0 aliphatic carbocycles. The second-order valence-electron chi connectivity index (χ2n) is 2.53. The van der Waals surface area contributed by atoms with E-state index in [1.807, 2.05) is 0 Å².